The summed E-state index contributed by atoms with van der Waals surface area (Å²) < 4.78 is 86.1. The van der Waals surface area contributed by atoms with Crippen LogP contribution in [0.25, 0.3) is 10.8 Å². The largest absolute Gasteiger partial charge is 0.383 e. The first kappa shape index (κ1) is 18.4. The van der Waals surface area contributed by atoms with Crippen molar-refractivity contribution in [1.82, 2.24) is 0 Å². The van der Waals surface area contributed by atoms with Gasteiger partial charge < -0.3 is 8.37 Å². The first-order valence-electron chi connectivity index (χ1n) is 6.09. The molecule has 0 bridgehead atoms. The molecule has 0 aliphatic heterocycles. The van der Waals surface area contributed by atoms with Crippen molar-refractivity contribution in [2.75, 3.05) is 12.5 Å². The predicted octanol–water partition coefficient (Wildman–Crippen LogP) is 0.763. The van der Waals surface area contributed by atoms with Crippen LogP contribution in [0.1, 0.15) is 0 Å². The van der Waals surface area contributed by atoms with Gasteiger partial charge in [0, 0.05) is 0 Å². The van der Waals surface area contributed by atoms with Crippen molar-refractivity contribution in [3.8, 4) is 11.5 Å². The van der Waals surface area contributed by atoms with E-state index in [1.165, 1.54) is 18.2 Å². The average molecular weight is 396 g/mol. The van der Waals surface area contributed by atoms with Gasteiger partial charge in [0.1, 0.15) is 10.6 Å². The molecule has 24 heavy (non-hydrogen) atoms. The van der Waals surface area contributed by atoms with Crippen molar-refractivity contribution in [1.29, 1.82) is 0 Å². The molecule has 0 unspecified atom stereocenters. The predicted molar refractivity (Wildman–Crippen MR) is 84.7 cm³/mol. The highest BCUT2D eigenvalue weighted by molar-refractivity contribution is 7.87. The van der Waals surface area contributed by atoms with Crippen LogP contribution in [0.5, 0.6) is 11.5 Å². The van der Waals surface area contributed by atoms with E-state index in [0.717, 1.165) is 18.4 Å². The Hall–Kier alpha value is -1.89. The normalized spacial score (nSPS) is 13.0. The molecule has 0 aliphatic carbocycles. The van der Waals surface area contributed by atoms with Gasteiger partial charge in [-0.15, -0.1) is 0 Å². The van der Waals surface area contributed by atoms with Gasteiger partial charge in [-0.3, -0.25) is 4.55 Å². The Bertz CT molecular complexity index is 1110. The van der Waals surface area contributed by atoms with Gasteiger partial charge in [0.25, 0.3) is 10.1 Å². The molecule has 0 saturated carbocycles. The summed E-state index contributed by atoms with van der Waals surface area (Å²) in [6, 6.07) is 5.90. The molecule has 0 atom stereocenters. The van der Waals surface area contributed by atoms with E-state index in [-0.39, 0.29) is 16.5 Å². The second kappa shape index (κ2) is 5.88. The van der Waals surface area contributed by atoms with E-state index in [2.05, 4.69) is 4.18 Å². The molecule has 0 amide bonds. The summed E-state index contributed by atoms with van der Waals surface area (Å²) in [7, 11) is -12.6. The molecule has 0 heterocycles. The van der Waals surface area contributed by atoms with Crippen LogP contribution in [-0.2, 0) is 30.4 Å². The summed E-state index contributed by atoms with van der Waals surface area (Å²) in [6.07, 6.45) is 1.55. The zero-order chi connectivity index (χ0) is 18.3. The van der Waals surface area contributed by atoms with E-state index in [1.807, 2.05) is 0 Å². The lowest BCUT2D eigenvalue weighted by Crippen LogP contribution is -2.10. The van der Waals surface area contributed by atoms with Crippen LogP contribution in [0.4, 0.5) is 0 Å². The third-order valence-corrected chi connectivity index (χ3v) is 4.49. The van der Waals surface area contributed by atoms with Crippen LogP contribution in [-0.4, -0.2) is 42.3 Å². The van der Waals surface area contributed by atoms with Crippen LogP contribution in [0.3, 0.4) is 0 Å². The van der Waals surface area contributed by atoms with Crippen molar-refractivity contribution >= 4 is 41.1 Å². The van der Waals surface area contributed by atoms with Gasteiger partial charge in [-0.05, 0) is 35.0 Å². The fourth-order valence-corrected chi connectivity index (χ4v) is 3.49. The Labute approximate surface area is 138 Å². The van der Waals surface area contributed by atoms with Gasteiger partial charge in [-0.1, -0.05) is 6.07 Å². The molecule has 0 spiro atoms. The molecule has 2 rings (SSSR count). The molecule has 12 heteroatoms. The van der Waals surface area contributed by atoms with Gasteiger partial charge in [-0.25, -0.2) is 0 Å². The highest BCUT2D eigenvalue weighted by atomic mass is 32.2. The van der Waals surface area contributed by atoms with Crippen LogP contribution in [0, 0.1) is 0 Å². The Kier molecular flexibility index (Phi) is 4.52. The van der Waals surface area contributed by atoms with Crippen molar-refractivity contribution in [2.45, 2.75) is 4.90 Å². The summed E-state index contributed by atoms with van der Waals surface area (Å²) in [5.41, 5.74) is 0. The third kappa shape index (κ3) is 4.80. The molecule has 0 saturated heterocycles. The van der Waals surface area contributed by atoms with Crippen LogP contribution in [0.15, 0.2) is 35.2 Å². The molecule has 0 fully saturated rings. The van der Waals surface area contributed by atoms with Gasteiger partial charge in [0.05, 0.1) is 12.5 Å². The summed E-state index contributed by atoms with van der Waals surface area (Å²) >= 11 is 0. The molecule has 0 radical (unpaired) electrons. The van der Waals surface area contributed by atoms with Gasteiger partial charge >= 0.3 is 20.2 Å². The zero-order valence-corrected chi connectivity index (χ0v) is 14.8. The Morgan fingerprint density at radius 3 is 1.88 bits per heavy atom. The monoisotopic (exact) mass is 396 g/mol. The average Bonchev–Trinajstić information content (AvgIpc) is 2.32. The summed E-state index contributed by atoms with van der Waals surface area (Å²) in [4.78, 5) is -0.739. The van der Waals surface area contributed by atoms with Crippen molar-refractivity contribution in [3.05, 3.63) is 30.3 Å². The van der Waals surface area contributed by atoms with E-state index in [1.54, 1.807) is 0 Å². The van der Waals surface area contributed by atoms with E-state index >= 15 is 0 Å². The lowest BCUT2D eigenvalue weighted by molar-refractivity contribution is 0.467. The number of fused-ring (bicyclic) bond motifs is 1. The molecule has 132 valence electrons. The van der Waals surface area contributed by atoms with E-state index < -0.39 is 41.0 Å². The Morgan fingerprint density at radius 1 is 0.792 bits per heavy atom. The number of benzene rings is 2. The number of rotatable bonds is 5. The number of hydrogen-bond donors (Lipinski definition) is 1. The fraction of sp³-hybridized carbons (Fsp3) is 0.167. The molecule has 0 aromatic heterocycles. The number of hydrogen-bond acceptors (Lipinski definition) is 8. The SMILES string of the molecule is CS(=O)(=O)Oc1ccc2cc(S(=O)(=O)O)c(OS(C)(=O)=O)cc2c1. The molecule has 2 aromatic rings. The fourth-order valence-electron chi connectivity index (χ4n) is 1.89. The molecule has 2 aromatic carbocycles. The van der Waals surface area contributed by atoms with Crippen molar-refractivity contribution in [2.24, 2.45) is 0 Å². The first-order chi connectivity index (χ1) is 10.7. The highest BCUT2D eigenvalue weighted by Gasteiger charge is 2.21. The highest BCUT2D eigenvalue weighted by Crippen LogP contribution is 2.32. The Balaban J connectivity index is 2.71. The Morgan fingerprint density at radius 2 is 1.38 bits per heavy atom. The molecular formula is C12H12O9S3. The van der Waals surface area contributed by atoms with Crippen molar-refractivity contribution < 1.29 is 38.2 Å². The lowest BCUT2D eigenvalue weighted by Gasteiger charge is -2.10. The maximum atomic E-state index is 11.4. The lowest BCUT2D eigenvalue weighted by atomic mass is 10.1. The first-order valence-corrected chi connectivity index (χ1v) is 11.2. The minimum atomic E-state index is -4.75. The second-order valence-electron chi connectivity index (χ2n) is 4.86. The molecule has 0 aliphatic rings. The van der Waals surface area contributed by atoms with Gasteiger partial charge in [-0.2, -0.15) is 25.3 Å². The van der Waals surface area contributed by atoms with Gasteiger partial charge in [0.2, 0.25) is 0 Å². The quantitative estimate of drug-likeness (QED) is 0.572. The molecular weight excluding hydrogens is 384 g/mol. The second-order valence-corrected chi connectivity index (χ2v) is 9.40. The summed E-state index contributed by atoms with van der Waals surface area (Å²) in [6.45, 7) is 0. The summed E-state index contributed by atoms with van der Waals surface area (Å²) in [5.74, 6) is -0.682. The third-order valence-electron chi connectivity index (χ3n) is 2.64. The van der Waals surface area contributed by atoms with Crippen LogP contribution >= 0.6 is 0 Å². The smallest absolute Gasteiger partial charge is 0.306 e. The topological polar surface area (TPSA) is 141 Å². The van der Waals surface area contributed by atoms with Crippen LogP contribution in [0.2, 0.25) is 0 Å². The minimum Gasteiger partial charge on any atom is -0.383 e. The van der Waals surface area contributed by atoms with Crippen LogP contribution < -0.4 is 8.37 Å². The van der Waals surface area contributed by atoms with E-state index in [9.17, 15) is 29.8 Å². The molecule has 9 nitrogen and oxygen atoms in total. The standard InChI is InChI=1S/C12H12O9S3/c1-22(13,14)20-10-4-3-8-7-12(24(17,18)19)11(6-9(8)5-10)21-23(2,15)16/h3-7H,1-2H3,(H,17,18,19). The molecule has 1 N–H and O–H groups in total. The van der Waals surface area contributed by atoms with Crippen molar-refractivity contribution in [3.63, 3.8) is 0 Å². The zero-order valence-electron chi connectivity index (χ0n) is 12.3. The summed E-state index contributed by atoms with van der Waals surface area (Å²) in [5, 5.41) is 0.520. The van der Waals surface area contributed by atoms with Gasteiger partial charge in [0.15, 0.2) is 5.75 Å². The maximum Gasteiger partial charge on any atom is 0.306 e. The van der Waals surface area contributed by atoms with E-state index in [4.69, 9.17) is 4.18 Å². The minimum absolute atomic E-state index is 0.0603. The van der Waals surface area contributed by atoms with E-state index in [0.29, 0.717) is 6.26 Å². The maximum absolute atomic E-state index is 11.4.